The summed E-state index contributed by atoms with van der Waals surface area (Å²) >= 11 is 9.40. The topological polar surface area (TPSA) is 58.6 Å². The highest BCUT2D eigenvalue weighted by Gasteiger charge is 2.31. The van der Waals surface area contributed by atoms with E-state index in [0.29, 0.717) is 27.2 Å². The fourth-order valence-corrected chi connectivity index (χ4v) is 4.39. The third-order valence-electron chi connectivity index (χ3n) is 5.78. The van der Waals surface area contributed by atoms with E-state index in [1.165, 1.54) is 17.0 Å². The summed E-state index contributed by atoms with van der Waals surface area (Å²) in [6.07, 6.45) is 1.07. The first-order chi connectivity index (χ1) is 17.3. The quantitative estimate of drug-likeness (QED) is 0.297. The summed E-state index contributed by atoms with van der Waals surface area (Å²) in [5, 5.41) is 3.54. The molecule has 0 fully saturated rings. The molecule has 1 N–H and O–H groups in total. The zero-order valence-electron chi connectivity index (χ0n) is 20.2. The Labute approximate surface area is 224 Å². The molecule has 2 atom stereocenters. The van der Waals surface area contributed by atoms with E-state index in [1.54, 1.807) is 30.3 Å². The maximum Gasteiger partial charge on any atom is 0.261 e. The van der Waals surface area contributed by atoms with Gasteiger partial charge in [-0.3, -0.25) is 9.59 Å². The largest absolute Gasteiger partial charge is 0.483 e. The highest BCUT2D eigenvalue weighted by molar-refractivity contribution is 9.10. The van der Waals surface area contributed by atoms with Gasteiger partial charge >= 0.3 is 0 Å². The molecule has 0 saturated heterocycles. The Morgan fingerprint density at radius 3 is 2.39 bits per heavy atom. The number of nitrogens with one attached hydrogen (secondary N) is 1. The van der Waals surface area contributed by atoms with Crippen LogP contribution in [0.1, 0.15) is 31.4 Å². The van der Waals surface area contributed by atoms with Crippen LogP contribution >= 0.6 is 27.5 Å². The Kier molecular flexibility index (Phi) is 10.3. The molecule has 0 bridgehead atoms. The number of benzene rings is 3. The van der Waals surface area contributed by atoms with Crippen LogP contribution in [0.5, 0.6) is 5.75 Å². The van der Waals surface area contributed by atoms with Crippen molar-refractivity contribution in [3.63, 3.8) is 0 Å². The molecule has 190 valence electrons. The first-order valence-electron chi connectivity index (χ1n) is 11.7. The van der Waals surface area contributed by atoms with Crippen LogP contribution in [0, 0.1) is 5.82 Å². The second kappa shape index (κ2) is 13.4. The van der Waals surface area contributed by atoms with Gasteiger partial charge in [0.2, 0.25) is 5.91 Å². The molecule has 0 aliphatic rings. The van der Waals surface area contributed by atoms with E-state index in [9.17, 15) is 14.0 Å². The van der Waals surface area contributed by atoms with Gasteiger partial charge in [0.05, 0.1) is 4.47 Å². The summed E-state index contributed by atoms with van der Waals surface area (Å²) in [7, 11) is 0. The minimum atomic E-state index is -0.795. The molecule has 3 aromatic carbocycles. The van der Waals surface area contributed by atoms with Gasteiger partial charge in [0.15, 0.2) is 6.61 Å². The van der Waals surface area contributed by atoms with E-state index in [0.717, 1.165) is 12.0 Å². The van der Waals surface area contributed by atoms with Crippen molar-refractivity contribution in [3.05, 3.63) is 99.2 Å². The molecule has 0 unspecified atom stereocenters. The van der Waals surface area contributed by atoms with Gasteiger partial charge in [0.1, 0.15) is 17.6 Å². The van der Waals surface area contributed by atoms with E-state index >= 15 is 0 Å². The zero-order chi connectivity index (χ0) is 26.1. The third kappa shape index (κ3) is 8.07. The normalized spacial score (nSPS) is 12.5. The number of hydrogen-bond acceptors (Lipinski definition) is 3. The molecule has 36 heavy (non-hydrogen) atoms. The Bertz CT molecular complexity index is 1160. The van der Waals surface area contributed by atoms with Crippen LogP contribution in [0.25, 0.3) is 0 Å². The minimum Gasteiger partial charge on any atom is -0.483 e. The van der Waals surface area contributed by atoms with Gasteiger partial charge in [0.25, 0.3) is 5.91 Å². The molecule has 3 rings (SSSR count). The molecule has 3 aromatic rings. The summed E-state index contributed by atoms with van der Waals surface area (Å²) in [5.41, 5.74) is 1.62. The fraction of sp³-hybridized carbons (Fsp3) is 0.286. The van der Waals surface area contributed by atoms with Crippen LogP contribution in [0.2, 0.25) is 5.02 Å². The maximum atomic E-state index is 13.6. The van der Waals surface area contributed by atoms with Crippen LogP contribution in [0.4, 0.5) is 4.39 Å². The Morgan fingerprint density at radius 1 is 1.06 bits per heavy atom. The van der Waals surface area contributed by atoms with E-state index in [-0.39, 0.29) is 36.8 Å². The first-order valence-corrected chi connectivity index (χ1v) is 12.9. The fourth-order valence-electron chi connectivity index (χ4n) is 3.60. The summed E-state index contributed by atoms with van der Waals surface area (Å²) in [6.45, 7) is 3.74. The number of rotatable bonds is 11. The van der Waals surface area contributed by atoms with Crippen LogP contribution < -0.4 is 10.1 Å². The molecule has 5 nitrogen and oxygen atoms in total. The molecule has 0 aromatic heterocycles. The lowest BCUT2D eigenvalue weighted by atomic mass is 10.0. The monoisotopic (exact) mass is 574 g/mol. The summed E-state index contributed by atoms with van der Waals surface area (Å²) < 4.78 is 19.9. The van der Waals surface area contributed by atoms with Gasteiger partial charge in [-0.2, -0.15) is 0 Å². The number of carbonyl (C=O) groups excluding carboxylic acids is 2. The Balaban J connectivity index is 1.91. The third-order valence-corrected chi connectivity index (χ3v) is 6.64. The van der Waals surface area contributed by atoms with Crippen molar-refractivity contribution in [2.24, 2.45) is 0 Å². The van der Waals surface area contributed by atoms with Crippen LogP contribution in [-0.2, 0) is 22.6 Å². The lowest BCUT2D eigenvalue weighted by molar-refractivity contribution is -0.143. The van der Waals surface area contributed by atoms with Gasteiger partial charge in [-0.15, -0.1) is 0 Å². The van der Waals surface area contributed by atoms with Gasteiger partial charge in [-0.25, -0.2) is 4.39 Å². The summed E-state index contributed by atoms with van der Waals surface area (Å²) in [6, 6.07) is 19.6. The number of ether oxygens (including phenoxy) is 1. The van der Waals surface area contributed by atoms with E-state index in [1.807, 2.05) is 44.2 Å². The predicted octanol–water partition coefficient (Wildman–Crippen LogP) is 6.18. The lowest BCUT2D eigenvalue weighted by Crippen LogP contribution is -2.53. The maximum absolute atomic E-state index is 13.6. The smallest absolute Gasteiger partial charge is 0.261 e. The van der Waals surface area contributed by atoms with Crippen LogP contribution in [0.3, 0.4) is 0 Å². The molecule has 8 heteroatoms. The number of halogens is 3. The summed E-state index contributed by atoms with van der Waals surface area (Å²) in [4.78, 5) is 28.5. The van der Waals surface area contributed by atoms with Crippen molar-refractivity contribution in [2.75, 3.05) is 6.61 Å². The number of amides is 2. The van der Waals surface area contributed by atoms with Gasteiger partial charge in [0, 0.05) is 24.0 Å². The molecule has 0 aliphatic heterocycles. The average molecular weight is 576 g/mol. The Hall–Kier alpha value is -2.90. The molecule has 2 amide bonds. The lowest BCUT2D eigenvalue weighted by Gasteiger charge is -2.32. The highest BCUT2D eigenvalue weighted by Crippen LogP contribution is 2.28. The van der Waals surface area contributed by atoms with Crippen molar-refractivity contribution in [1.82, 2.24) is 10.2 Å². The van der Waals surface area contributed by atoms with Crippen molar-refractivity contribution in [2.45, 2.75) is 45.3 Å². The number of nitrogens with zero attached hydrogens (tertiary/aromatic N) is 1. The molecule has 0 saturated carbocycles. The number of hydrogen-bond donors (Lipinski definition) is 1. The van der Waals surface area contributed by atoms with Gasteiger partial charge in [-0.1, -0.05) is 61.0 Å². The molecule has 0 heterocycles. The molecular formula is C28H29BrClFN2O3. The van der Waals surface area contributed by atoms with Crippen LogP contribution in [0.15, 0.2) is 77.3 Å². The second-order valence-corrected chi connectivity index (χ2v) is 9.83. The summed E-state index contributed by atoms with van der Waals surface area (Å²) in [5.74, 6) is -0.543. The molecular weight excluding hydrogens is 547 g/mol. The molecule has 0 aliphatic carbocycles. The highest BCUT2D eigenvalue weighted by atomic mass is 79.9. The van der Waals surface area contributed by atoms with E-state index < -0.39 is 6.04 Å². The average Bonchev–Trinajstić information content (AvgIpc) is 2.87. The van der Waals surface area contributed by atoms with E-state index in [2.05, 4.69) is 21.2 Å². The zero-order valence-corrected chi connectivity index (χ0v) is 22.6. The van der Waals surface area contributed by atoms with Gasteiger partial charge in [-0.05, 0) is 70.7 Å². The first kappa shape index (κ1) is 27.7. The molecule has 0 radical (unpaired) electrons. The molecule has 0 spiro atoms. The minimum absolute atomic E-state index is 0.0557. The van der Waals surface area contributed by atoms with E-state index in [4.69, 9.17) is 16.3 Å². The standard InChI is InChI=1S/C28H29BrClFN2O3/c1-3-19(2)32-28(35)25(15-20-7-5-4-6-8-20)33(17-21-9-12-23(31)13-10-21)27(34)18-36-26-14-11-22(30)16-24(26)29/h4-14,16,19,25H,3,15,17-18H2,1-2H3,(H,32,35)/t19-,25-/m0/s1. The number of carbonyl (C=O) groups is 2. The van der Waals surface area contributed by atoms with Crippen molar-refractivity contribution >= 4 is 39.3 Å². The Morgan fingerprint density at radius 2 is 1.75 bits per heavy atom. The van der Waals surface area contributed by atoms with Crippen LogP contribution in [-0.4, -0.2) is 35.4 Å². The van der Waals surface area contributed by atoms with Crippen molar-refractivity contribution < 1.29 is 18.7 Å². The second-order valence-electron chi connectivity index (χ2n) is 8.53. The van der Waals surface area contributed by atoms with Crippen molar-refractivity contribution in [1.29, 1.82) is 0 Å². The van der Waals surface area contributed by atoms with Crippen molar-refractivity contribution in [3.8, 4) is 5.75 Å². The SMILES string of the molecule is CC[C@H](C)NC(=O)[C@H](Cc1ccccc1)N(Cc1ccc(F)cc1)C(=O)COc1ccc(Cl)cc1Br. The van der Waals surface area contributed by atoms with Gasteiger partial charge < -0.3 is 15.0 Å². The predicted molar refractivity (Wildman–Crippen MR) is 143 cm³/mol.